The lowest BCUT2D eigenvalue weighted by atomic mass is 10.2. The molecule has 0 bridgehead atoms. The summed E-state index contributed by atoms with van der Waals surface area (Å²) >= 11 is 0. The minimum atomic E-state index is -1.15. The zero-order valence-electron chi connectivity index (χ0n) is 16.1. The van der Waals surface area contributed by atoms with Gasteiger partial charge in [0.15, 0.2) is 17.6 Å². The second kappa shape index (κ2) is 8.95. The first kappa shape index (κ1) is 20.6. The monoisotopic (exact) mass is 414 g/mol. The van der Waals surface area contributed by atoms with Crippen LogP contribution in [0.25, 0.3) is 6.08 Å². The lowest BCUT2D eigenvalue weighted by Crippen LogP contribution is -2.29. The number of carbonyl (C=O) groups excluding carboxylic acids is 2. The molecule has 1 atom stereocenters. The van der Waals surface area contributed by atoms with Gasteiger partial charge in [-0.05, 0) is 36.8 Å². The maximum atomic E-state index is 12.3. The molecule has 2 aromatic rings. The van der Waals surface area contributed by atoms with Gasteiger partial charge in [-0.15, -0.1) is 0 Å². The second-order valence-electron chi connectivity index (χ2n) is 6.16. The van der Waals surface area contributed by atoms with Gasteiger partial charge in [0.2, 0.25) is 6.79 Å². The molecule has 2 aromatic carbocycles. The molecule has 1 heterocycles. The number of nitrogens with one attached hydrogen (secondary N) is 1. The number of hydrogen-bond donors (Lipinski definition) is 1. The van der Waals surface area contributed by atoms with Crippen LogP contribution in [0.1, 0.15) is 12.5 Å². The van der Waals surface area contributed by atoms with Gasteiger partial charge in [-0.25, -0.2) is 4.79 Å². The Balaban J connectivity index is 1.60. The van der Waals surface area contributed by atoms with Crippen LogP contribution in [-0.4, -0.2) is 36.8 Å². The van der Waals surface area contributed by atoms with E-state index in [2.05, 4.69) is 5.32 Å². The fourth-order valence-corrected chi connectivity index (χ4v) is 2.59. The molecule has 0 aromatic heterocycles. The minimum Gasteiger partial charge on any atom is -0.495 e. The number of rotatable bonds is 7. The Morgan fingerprint density at radius 1 is 1.20 bits per heavy atom. The highest BCUT2D eigenvalue weighted by atomic mass is 16.7. The first-order chi connectivity index (χ1) is 14.4. The fourth-order valence-electron chi connectivity index (χ4n) is 2.59. The van der Waals surface area contributed by atoms with Crippen molar-refractivity contribution < 1.29 is 33.5 Å². The van der Waals surface area contributed by atoms with Crippen LogP contribution < -0.4 is 19.5 Å². The van der Waals surface area contributed by atoms with Gasteiger partial charge >= 0.3 is 5.97 Å². The number of nitrogens with zero attached hydrogens (tertiary/aromatic N) is 1. The van der Waals surface area contributed by atoms with Gasteiger partial charge in [-0.3, -0.25) is 14.9 Å². The quantitative estimate of drug-likeness (QED) is 0.317. The van der Waals surface area contributed by atoms with Crippen molar-refractivity contribution in [3.8, 4) is 17.2 Å². The van der Waals surface area contributed by atoms with E-state index in [1.807, 2.05) is 0 Å². The number of carbonyl (C=O) groups is 2. The third-order valence-corrected chi connectivity index (χ3v) is 4.12. The summed E-state index contributed by atoms with van der Waals surface area (Å²) in [5.74, 6) is 0.0240. The average molecular weight is 414 g/mol. The molecule has 1 unspecified atom stereocenters. The van der Waals surface area contributed by atoms with Crippen LogP contribution in [0.2, 0.25) is 0 Å². The van der Waals surface area contributed by atoms with Crippen LogP contribution in [0.5, 0.6) is 17.2 Å². The molecule has 1 aliphatic rings. The summed E-state index contributed by atoms with van der Waals surface area (Å²) in [7, 11) is 1.36. The van der Waals surface area contributed by atoms with Crippen molar-refractivity contribution >= 4 is 29.3 Å². The largest absolute Gasteiger partial charge is 0.495 e. The molecular formula is C20H18N2O8. The zero-order valence-corrected chi connectivity index (χ0v) is 16.1. The highest BCUT2D eigenvalue weighted by molar-refractivity contribution is 5.97. The Morgan fingerprint density at radius 3 is 2.70 bits per heavy atom. The standard InChI is InChI=1S/C20H18N2O8/c1-12(20(24)21-15-10-14(22(25)26)5-7-16(15)27-2)30-19(23)8-4-13-3-6-17-18(9-13)29-11-28-17/h3-10,12H,11H2,1-2H3,(H,21,24)/b8-4+. The fraction of sp³-hybridized carbons (Fsp3) is 0.200. The highest BCUT2D eigenvalue weighted by Crippen LogP contribution is 2.33. The highest BCUT2D eigenvalue weighted by Gasteiger charge is 2.20. The molecule has 0 saturated heterocycles. The normalized spacial score (nSPS) is 13.0. The first-order valence-corrected chi connectivity index (χ1v) is 8.79. The molecule has 1 amide bonds. The lowest BCUT2D eigenvalue weighted by molar-refractivity contribution is -0.384. The Morgan fingerprint density at radius 2 is 1.97 bits per heavy atom. The van der Waals surface area contributed by atoms with Crippen molar-refractivity contribution in [3.05, 3.63) is 58.2 Å². The number of hydrogen-bond acceptors (Lipinski definition) is 8. The van der Waals surface area contributed by atoms with E-state index in [0.717, 1.165) is 6.07 Å². The van der Waals surface area contributed by atoms with E-state index in [9.17, 15) is 19.7 Å². The van der Waals surface area contributed by atoms with Crippen molar-refractivity contribution in [1.82, 2.24) is 0 Å². The van der Waals surface area contributed by atoms with E-state index in [4.69, 9.17) is 18.9 Å². The van der Waals surface area contributed by atoms with Crippen LogP contribution >= 0.6 is 0 Å². The third kappa shape index (κ3) is 4.85. The second-order valence-corrected chi connectivity index (χ2v) is 6.16. The number of nitro benzene ring substituents is 1. The molecule has 10 heteroatoms. The van der Waals surface area contributed by atoms with Gasteiger partial charge < -0.3 is 24.3 Å². The molecule has 30 heavy (non-hydrogen) atoms. The van der Waals surface area contributed by atoms with E-state index < -0.39 is 22.9 Å². The Kier molecular flexibility index (Phi) is 6.16. The SMILES string of the molecule is COc1ccc([N+](=O)[O-])cc1NC(=O)C(C)OC(=O)/C=C/c1ccc2c(c1)OCO2. The summed E-state index contributed by atoms with van der Waals surface area (Å²) in [6.45, 7) is 1.53. The Bertz CT molecular complexity index is 1020. The summed E-state index contributed by atoms with van der Waals surface area (Å²) in [6, 6.07) is 8.93. The number of anilines is 1. The Labute approximate surface area is 171 Å². The lowest BCUT2D eigenvalue weighted by Gasteiger charge is -2.14. The van der Waals surface area contributed by atoms with Gasteiger partial charge in [0.25, 0.3) is 11.6 Å². The molecule has 0 spiro atoms. The molecule has 1 aliphatic heterocycles. The number of amides is 1. The summed E-state index contributed by atoms with van der Waals surface area (Å²) < 4.78 is 20.6. The topological polar surface area (TPSA) is 126 Å². The van der Waals surface area contributed by atoms with Crippen LogP contribution in [0.15, 0.2) is 42.5 Å². The van der Waals surface area contributed by atoms with Crippen LogP contribution in [0.3, 0.4) is 0 Å². The molecule has 0 aliphatic carbocycles. The molecule has 156 valence electrons. The Hall–Kier alpha value is -4.08. The van der Waals surface area contributed by atoms with Crippen LogP contribution in [-0.2, 0) is 14.3 Å². The summed E-state index contributed by atoms with van der Waals surface area (Å²) in [4.78, 5) is 34.7. The molecule has 0 fully saturated rings. The summed E-state index contributed by atoms with van der Waals surface area (Å²) in [5.41, 5.74) is 0.563. The number of esters is 1. The smallest absolute Gasteiger partial charge is 0.331 e. The zero-order chi connectivity index (χ0) is 21.7. The molecule has 1 N–H and O–H groups in total. The minimum absolute atomic E-state index is 0.0931. The number of ether oxygens (including phenoxy) is 4. The summed E-state index contributed by atoms with van der Waals surface area (Å²) in [5, 5.41) is 13.4. The molecule has 10 nitrogen and oxygen atoms in total. The predicted molar refractivity (Wildman–Crippen MR) is 105 cm³/mol. The van der Waals surface area contributed by atoms with Crippen molar-refractivity contribution in [3.63, 3.8) is 0 Å². The maximum Gasteiger partial charge on any atom is 0.331 e. The van der Waals surface area contributed by atoms with Crippen molar-refractivity contribution in [2.75, 3.05) is 19.2 Å². The first-order valence-electron chi connectivity index (χ1n) is 8.79. The van der Waals surface area contributed by atoms with Gasteiger partial charge in [0, 0.05) is 18.2 Å². The molecule has 3 rings (SSSR count). The summed E-state index contributed by atoms with van der Waals surface area (Å²) in [6.07, 6.45) is 1.54. The van der Waals surface area contributed by atoms with Crippen molar-refractivity contribution in [2.45, 2.75) is 13.0 Å². The molecule has 0 saturated carbocycles. The average Bonchev–Trinajstić information content (AvgIpc) is 3.20. The predicted octanol–water partition coefficient (Wildman–Crippen LogP) is 2.92. The van der Waals surface area contributed by atoms with Gasteiger partial charge in [-0.1, -0.05) is 6.07 Å². The maximum absolute atomic E-state index is 12.3. The number of non-ortho nitro benzene ring substituents is 1. The third-order valence-electron chi connectivity index (χ3n) is 4.12. The van der Waals surface area contributed by atoms with Crippen LogP contribution in [0.4, 0.5) is 11.4 Å². The van der Waals surface area contributed by atoms with E-state index >= 15 is 0 Å². The van der Waals surface area contributed by atoms with Crippen molar-refractivity contribution in [1.29, 1.82) is 0 Å². The van der Waals surface area contributed by atoms with Gasteiger partial charge in [0.1, 0.15) is 5.75 Å². The van der Waals surface area contributed by atoms with Crippen LogP contribution in [0, 0.1) is 10.1 Å². The van der Waals surface area contributed by atoms with E-state index in [1.54, 1.807) is 18.2 Å². The van der Waals surface area contributed by atoms with Crippen molar-refractivity contribution in [2.24, 2.45) is 0 Å². The van der Waals surface area contributed by atoms with E-state index in [1.165, 1.54) is 38.3 Å². The van der Waals surface area contributed by atoms with Gasteiger partial charge in [0.05, 0.1) is 17.7 Å². The number of methoxy groups -OCH3 is 1. The number of nitro groups is 1. The van der Waals surface area contributed by atoms with E-state index in [0.29, 0.717) is 17.1 Å². The van der Waals surface area contributed by atoms with E-state index in [-0.39, 0.29) is 23.9 Å². The van der Waals surface area contributed by atoms with Gasteiger partial charge in [-0.2, -0.15) is 0 Å². The molecule has 0 radical (unpaired) electrons. The number of benzene rings is 2. The molecular weight excluding hydrogens is 396 g/mol. The number of fused-ring (bicyclic) bond motifs is 1.